The van der Waals surface area contributed by atoms with Gasteiger partial charge in [0.05, 0.1) is 11.7 Å². The zero-order valence-corrected chi connectivity index (χ0v) is 11.6. The lowest BCUT2D eigenvalue weighted by molar-refractivity contribution is -0.183. The fraction of sp³-hybridized carbons (Fsp3) is 0.667. The highest BCUT2D eigenvalue weighted by Gasteiger charge is 2.87. The highest BCUT2D eigenvalue weighted by atomic mass is 16.5. The monoisotopic (exact) mass is 268 g/mol. The molecule has 0 saturated heterocycles. The minimum absolute atomic E-state index is 0.438. The molecule has 6 rings (SSSR count). The Morgan fingerprint density at radius 2 is 1.80 bits per heavy atom. The second-order valence-electron chi connectivity index (χ2n) is 7.82. The third-order valence-electron chi connectivity index (χ3n) is 7.91. The van der Waals surface area contributed by atoms with Gasteiger partial charge in [-0.25, -0.2) is 0 Å². The molecule has 5 fully saturated rings. The maximum atomic E-state index is 11.7. The smallest absolute Gasteiger partial charge is 0.0965 e. The van der Waals surface area contributed by atoms with Crippen LogP contribution in [0.25, 0.3) is 0 Å². The molecular weight excluding hydrogens is 248 g/mol. The number of methoxy groups -OCH3 is 1. The van der Waals surface area contributed by atoms with Gasteiger partial charge < -0.3 is 9.84 Å². The van der Waals surface area contributed by atoms with Gasteiger partial charge in [0.15, 0.2) is 0 Å². The van der Waals surface area contributed by atoms with E-state index in [1.54, 1.807) is 0 Å². The Kier molecular flexibility index (Phi) is 1.62. The lowest BCUT2D eigenvalue weighted by Crippen LogP contribution is -2.57. The summed E-state index contributed by atoms with van der Waals surface area (Å²) in [5, 5.41) is 11.7. The summed E-state index contributed by atoms with van der Waals surface area (Å²) in [5.74, 6) is 5.52. The summed E-state index contributed by atoms with van der Waals surface area (Å²) in [6.07, 6.45) is 1.81. The van der Waals surface area contributed by atoms with Gasteiger partial charge in [-0.2, -0.15) is 0 Å². The van der Waals surface area contributed by atoms with E-state index < -0.39 is 5.60 Å². The van der Waals surface area contributed by atoms with Crippen molar-refractivity contribution in [2.45, 2.75) is 18.1 Å². The van der Waals surface area contributed by atoms with Crippen LogP contribution in [0.15, 0.2) is 30.3 Å². The van der Waals surface area contributed by atoms with Crippen molar-refractivity contribution in [1.82, 2.24) is 0 Å². The van der Waals surface area contributed by atoms with Gasteiger partial charge in [0.1, 0.15) is 0 Å². The first-order chi connectivity index (χ1) is 9.78. The first kappa shape index (κ1) is 10.8. The third kappa shape index (κ3) is 0.791. The van der Waals surface area contributed by atoms with E-state index >= 15 is 0 Å². The summed E-state index contributed by atoms with van der Waals surface area (Å²) in [4.78, 5) is 0. The molecule has 5 aliphatic carbocycles. The van der Waals surface area contributed by atoms with Crippen LogP contribution < -0.4 is 0 Å². The Labute approximate surface area is 119 Å². The van der Waals surface area contributed by atoms with Gasteiger partial charge in [-0.3, -0.25) is 0 Å². The highest BCUT2D eigenvalue weighted by molar-refractivity contribution is 5.40. The summed E-state index contributed by atoms with van der Waals surface area (Å²) >= 11 is 0. The fourth-order valence-electron chi connectivity index (χ4n) is 7.91. The molecular formula is C18H20O2. The standard InChI is InChI=1S/C18H20O2/c1-20-17-13-9-7-10-12-11(9)14(17)16(12)18(19,15(10)13)8-5-3-2-4-6-8/h2-6,9-17,19H,7H2,1H3. The van der Waals surface area contributed by atoms with Gasteiger partial charge >= 0.3 is 0 Å². The van der Waals surface area contributed by atoms with E-state index in [0.717, 1.165) is 23.7 Å². The summed E-state index contributed by atoms with van der Waals surface area (Å²) in [7, 11) is 1.89. The Morgan fingerprint density at radius 1 is 1.00 bits per heavy atom. The van der Waals surface area contributed by atoms with Gasteiger partial charge in [0, 0.05) is 18.9 Å². The average molecular weight is 268 g/mol. The van der Waals surface area contributed by atoms with Crippen LogP contribution in [-0.2, 0) is 10.3 Å². The van der Waals surface area contributed by atoms with Crippen molar-refractivity contribution < 1.29 is 9.84 Å². The molecule has 2 heteroatoms. The Hall–Kier alpha value is -0.860. The molecule has 2 nitrogen and oxygen atoms in total. The molecule has 5 saturated carbocycles. The first-order valence-corrected chi connectivity index (χ1v) is 8.09. The Bertz CT molecular complexity index is 599. The first-order valence-electron chi connectivity index (χ1n) is 8.09. The molecule has 10 atom stereocenters. The lowest BCUT2D eigenvalue weighted by atomic mass is 9.54. The molecule has 0 aromatic heterocycles. The van der Waals surface area contributed by atoms with Crippen molar-refractivity contribution in [1.29, 1.82) is 0 Å². The number of fused-ring (bicyclic) bond motifs is 2. The maximum absolute atomic E-state index is 11.7. The van der Waals surface area contributed by atoms with E-state index in [0.29, 0.717) is 29.8 Å². The molecule has 2 bridgehead atoms. The van der Waals surface area contributed by atoms with Gasteiger partial charge in [0.25, 0.3) is 0 Å². The zero-order chi connectivity index (χ0) is 13.2. The number of hydrogen-bond donors (Lipinski definition) is 1. The van der Waals surface area contributed by atoms with Crippen molar-refractivity contribution in [3.8, 4) is 0 Å². The molecule has 0 spiro atoms. The Balaban J connectivity index is 1.58. The average Bonchev–Trinajstić information content (AvgIpc) is 2.98. The van der Waals surface area contributed by atoms with E-state index in [9.17, 15) is 5.11 Å². The topological polar surface area (TPSA) is 29.5 Å². The van der Waals surface area contributed by atoms with Gasteiger partial charge in [0.2, 0.25) is 0 Å². The summed E-state index contributed by atoms with van der Waals surface area (Å²) in [6, 6.07) is 10.5. The normalized spacial score (nSPS) is 63.2. The summed E-state index contributed by atoms with van der Waals surface area (Å²) in [6.45, 7) is 0. The molecule has 20 heavy (non-hydrogen) atoms. The van der Waals surface area contributed by atoms with Crippen molar-refractivity contribution in [2.24, 2.45) is 47.3 Å². The van der Waals surface area contributed by atoms with Crippen molar-refractivity contribution in [3.63, 3.8) is 0 Å². The predicted octanol–water partition coefficient (Wildman–Crippen LogP) is 2.28. The van der Waals surface area contributed by atoms with E-state index in [1.807, 2.05) is 7.11 Å². The number of hydrogen-bond acceptors (Lipinski definition) is 2. The second-order valence-corrected chi connectivity index (χ2v) is 7.82. The Morgan fingerprint density at radius 3 is 2.55 bits per heavy atom. The van der Waals surface area contributed by atoms with E-state index in [2.05, 4.69) is 30.3 Å². The van der Waals surface area contributed by atoms with Gasteiger partial charge in [-0.1, -0.05) is 30.3 Å². The van der Waals surface area contributed by atoms with Crippen LogP contribution in [0.2, 0.25) is 0 Å². The lowest BCUT2D eigenvalue weighted by Gasteiger charge is -2.54. The van der Waals surface area contributed by atoms with E-state index in [4.69, 9.17) is 4.74 Å². The molecule has 0 radical (unpaired) electrons. The number of ether oxygens (including phenoxy) is 1. The molecule has 104 valence electrons. The van der Waals surface area contributed by atoms with Crippen LogP contribution in [-0.4, -0.2) is 18.3 Å². The minimum Gasteiger partial charge on any atom is -0.385 e. The summed E-state index contributed by atoms with van der Waals surface area (Å²) in [5.41, 5.74) is 0.621. The highest BCUT2D eigenvalue weighted by Crippen LogP contribution is 2.87. The summed E-state index contributed by atoms with van der Waals surface area (Å²) < 4.78 is 5.89. The maximum Gasteiger partial charge on any atom is 0.0965 e. The second kappa shape index (κ2) is 3.00. The zero-order valence-electron chi connectivity index (χ0n) is 11.6. The number of aliphatic hydroxyl groups is 1. The SMILES string of the molecule is COC1C2C3CC4C5C3C1C5C(O)(c1ccccc1)C42. The molecule has 10 unspecified atom stereocenters. The van der Waals surface area contributed by atoms with Crippen LogP contribution in [0, 0.1) is 47.3 Å². The molecule has 5 aliphatic rings. The van der Waals surface area contributed by atoms with E-state index in [-0.39, 0.29) is 0 Å². The van der Waals surface area contributed by atoms with Crippen LogP contribution in [0.5, 0.6) is 0 Å². The largest absolute Gasteiger partial charge is 0.385 e. The third-order valence-corrected chi connectivity index (χ3v) is 7.91. The van der Waals surface area contributed by atoms with Crippen LogP contribution in [0.4, 0.5) is 0 Å². The van der Waals surface area contributed by atoms with Crippen LogP contribution in [0.1, 0.15) is 12.0 Å². The van der Waals surface area contributed by atoms with Crippen molar-refractivity contribution in [2.75, 3.05) is 7.11 Å². The fourth-order valence-corrected chi connectivity index (χ4v) is 7.91. The van der Waals surface area contributed by atoms with Crippen LogP contribution in [0.3, 0.4) is 0 Å². The van der Waals surface area contributed by atoms with E-state index in [1.165, 1.54) is 12.0 Å². The number of rotatable bonds is 2. The molecule has 1 N–H and O–H groups in total. The molecule has 0 heterocycles. The predicted molar refractivity (Wildman–Crippen MR) is 73.7 cm³/mol. The minimum atomic E-state index is -0.553. The molecule has 1 aromatic carbocycles. The quantitative estimate of drug-likeness (QED) is 0.891. The van der Waals surface area contributed by atoms with Gasteiger partial charge in [-0.15, -0.1) is 0 Å². The van der Waals surface area contributed by atoms with Gasteiger partial charge in [-0.05, 0) is 47.5 Å². The molecule has 0 amide bonds. The molecule has 0 aliphatic heterocycles. The number of benzene rings is 1. The van der Waals surface area contributed by atoms with Crippen LogP contribution >= 0.6 is 0 Å². The van der Waals surface area contributed by atoms with Crippen molar-refractivity contribution >= 4 is 0 Å². The van der Waals surface area contributed by atoms with Crippen molar-refractivity contribution in [3.05, 3.63) is 35.9 Å². The molecule has 1 aromatic rings.